The van der Waals surface area contributed by atoms with Gasteiger partial charge in [0, 0.05) is 24.2 Å². The molecule has 4 atom stereocenters. The molecule has 2 amide bonds. The van der Waals surface area contributed by atoms with Crippen LogP contribution in [-0.2, 0) is 13.1 Å². The van der Waals surface area contributed by atoms with Crippen molar-refractivity contribution in [2.75, 3.05) is 0 Å². The van der Waals surface area contributed by atoms with Crippen molar-refractivity contribution in [3.05, 3.63) is 120 Å². The molecule has 1 aliphatic rings. The summed E-state index contributed by atoms with van der Waals surface area (Å²) >= 11 is 0. The van der Waals surface area contributed by atoms with Crippen LogP contribution >= 0.6 is 0 Å². The number of carbonyl (C=O) groups is 1. The Balaban J connectivity index is 1.63. The van der Waals surface area contributed by atoms with Gasteiger partial charge in [0.05, 0.1) is 37.1 Å². The van der Waals surface area contributed by atoms with E-state index in [2.05, 4.69) is 0 Å². The summed E-state index contributed by atoms with van der Waals surface area (Å²) < 4.78 is 10.6. The quantitative estimate of drug-likeness (QED) is 0.444. The monoisotopic (exact) mass is 458 g/mol. The zero-order valence-corrected chi connectivity index (χ0v) is 18.5. The molecule has 5 rings (SSSR count). The van der Waals surface area contributed by atoms with Gasteiger partial charge in [-0.1, -0.05) is 60.7 Å². The first-order valence-electron chi connectivity index (χ1n) is 11.2. The molecule has 0 spiro atoms. The average Bonchev–Trinajstić information content (AvgIpc) is 3.58. The van der Waals surface area contributed by atoms with Gasteiger partial charge in [0.25, 0.3) is 0 Å². The summed E-state index contributed by atoms with van der Waals surface area (Å²) in [5, 5.41) is 22.9. The Labute approximate surface area is 197 Å². The minimum Gasteiger partial charge on any atom is -0.472 e. The first-order valence-corrected chi connectivity index (χ1v) is 11.2. The number of urea groups is 1. The molecule has 1 fully saturated rings. The molecule has 2 N–H and O–H groups in total. The van der Waals surface area contributed by atoms with Gasteiger partial charge < -0.3 is 28.8 Å². The van der Waals surface area contributed by atoms with Crippen molar-refractivity contribution in [3.8, 4) is 0 Å². The third-order valence-corrected chi connectivity index (χ3v) is 6.32. The van der Waals surface area contributed by atoms with E-state index in [4.69, 9.17) is 8.83 Å². The van der Waals surface area contributed by atoms with E-state index in [1.54, 1.807) is 21.9 Å². The Morgan fingerprint density at radius 1 is 0.647 bits per heavy atom. The number of carbonyl (C=O) groups excluding carboxylic acids is 1. The maximum absolute atomic E-state index is 14.2. The van der Waals surface area contributed by atoms with Crippen LogP contribution < -0.4 is 0 Å². The number of amides is 2. The van der Waals surface area contributed by atoms with Crippen LogP contribution in [0.15, 0.2) is 107 Å². The fraction of sp³-hybridized carbons (Fsp3) is 0.222. The Bertz CT molecular complexity index is 1080. The zero-order chi connectivity index (χ0) is 23.5. The van der Waals surface area contributed by atoms with Crippen LogP contribution in [0.1, 0.15) is 34.3 Å². The van der Waals surface area contributed by atoms with Crippen molar-refractivity contribution in [2.24, 2.45) is 0 Å². The first-order chi connectivity index (χ1) is 16.6. The van der Waals surface area contributed by atoms with E-state index in [9.17, 15) is 15.0 Å². The molecule has 1 saturated heterocycles. The van der Waals surface area contributed by atoms with Crippen molar-refractivity contribution in [1.82, 2.24) is 9.80 Å². The lowest BCUT2D eigenvalue weighted by molar-refractivity contribution is -0.0431. The lowest BCUT2D eigenvalue weighted by Gasteiger charge is -2.35. The maximum atomic E-state index is 14.2. The third-order valence-electron chi connectivity index (χ3n) is 6.32. The lowest BCUT2D eigenvalue weighted by atomic mass is 9.92. The minimum absolute atomic E-state index is 0.253. The Hall–Kier alpha value is -3.81. The molecule has 7 nitrogen and oxygen atoms in total. The highest BCUT2D eigenvalue weighted by Gasteiger charge is 2.48. The molecule has 7 heteroatoms. The van der Waals surface area contributed by atoms with Crippen LogP contribution in [-0.4, -0.2) is 38.3 Å². The average molecular weight is 459 g/mol. The summed E-state index contributed by atoms with van der Waals surface area (Å²) in [6.45, 7) is 0.505. The molecule has 1 aliphatic heterocycles. The Morgan fingerprint density at radius 3 is 1.41 bits per heavy atom. The fourth-order valence-corrected chi connectivity index (χ4v) is 4.68. The molecular weight excluding hydrogens is 432 g/mol. The topological polar surface area (TPSA) is 90.3 Å². The largest absolute Gasteiger partial charge is 0.472 e. The van der Waals surface area contributed by atoms with Crippen LogP contribution in [0.3, 0.4) is 0 Å². The second kappa shape index (κ2) is 9.59. The predicted molar refractivity (Wildman–Crippen MR) is 124 cm³/mol. The number of rotatable bonds is 6. The second-order valence-electron chi connectivity index (χ2n) is 8.49. The molecule has 174 valence electrons. The molecule has 0 aliphatic carbocycles. The van der Waals surface area contributed by atoms with Gasteiger partial charge in [0.15, 0.2) is 0 Å². The van der Waals surface area contributed by atoms with Crippen molar-refractivity contribution >= 4 is 6.03 Å². The highest BCUT2D eigenvalue weighted by Crippen LogP contribution is 2.40. The van der Waals surface area contributed by atoms with Crippen LogP contribution in [0.25, 0.3) is 0 Å². The highest BCUT2D eigenvalue weighted by molar-refractivity contribution is 5.76. The number of aliphatic hydroxyl groups excluding tert-OH is 2. The van der Waals surface area contributed by atoms with E-state index in [1.807, 2.05) is 60.7 Å². The van der Waals surface area contributed by atoms with Gasteiger partial charge in [-0.25, -0.2) is 4.79 Å². The molecule has 34 heavy (non-hydrogen) atoms. The fourth-order valence-electron chi connectivity index (χ4n) is 4.68. The summed E-state index contributed by atoms with van der Waals surface area (Å²) in [5.41, 5.74) is 3.05. The van der Waals surface area contributed by atoms with E-state index in [1.165, 1.54) is 25.1 Å². The van der Waals surface area contributed by atoms with Crippen molar-refractivity contribution in [3.63, 3.8) is 0 Å². The summed E-state index contributed by atoms with van der Waals surface area (Å²) in [6, 6.07) is 20.7. The van der Waals surface area contributed by atoms with E-state index in [-0.39, 0.29) is 19.1 Å². The van der Waals surface area contributed by atoms with Crippen LogP contribution in [0.4, 0.5) is 4.79 Å². The van der Waals surface area contributed by atoms with Crippen molar-refractivity contribution in [2.45, 2.75) is 37.4 Å². The van der Waals surface area contributed by atoms with E-state index in [0.717, 1.165) is 11.1 Å². The molecule has 3 heterocycles. The lowest BCUT2D eigenvalue weighted by Crippen LogP contribution is -2.44. The van der Waals surface area contributed by atoms with Gasteiger partial charge in [-0.2, -0.15) is 0 Å². The molecule has 0 saturated carbocycles. The van der Waals surface area contributed by atoms with Gasteiger partial charge in [-0.3, -0.25) is 0 Å². The predicted octanol–water partition coefficient (Wildman–Crippen LogP) is 4.51. The maximum Gasteiger partial charge on any atom is 0.321 e. The summed E-state index contributed by atoms with van der Waals surface area (Å²) in [5.74, 6) is 0. The second-order valence-corrected chi connectivity index (χ2v) is 8.49. The Kier molecular flexibility index (Phi) is 6.20. The standard InChI is InChI=1S/C27H26N2O5/c30-25-23(21-11-13-33-17-21)28(15-19-7-3-1-4-8-19)27(32)29(16-20-9-5-2-6-10-20)24(26(25)31)22-12-14-34-18-22/h1-14,17-18,23-26,30-31H,15-16H2/t23-,24-,25+,26+/m1/s1. The van der Waals surface area contributed by atoms with Gasteiger partial charge >= 0.3 is 6.03 Å². The SMILES string of the molecule is O=C1N(Cc2ccccc2)[C@H](c2ccoc2)[C@H](O)[C@@H](O)[C@@H](c2ccoc2)N1Cc1ccccc1. The van der Waals surface area contributed by atoms with Gasteiger partial charge in [0.1, 0.15) is 12.2 Å². The zero-order valence-electron chi connectivity index (χ0n) is 18.5. The molecule has 0 radical (unpaired) electrons. The molecule has 0 unspecified atom stereocenters. The number of furan rings is 2. The van der Waals surface area contributed by atoms with Gasteiger partial charge in [-0.15, -0.1) is 0 Å². The van der Waals surface area contributed by atoms with E-state index < -0.39 is 24.3 Å². The normalized spacial score (nSPS) is 23.2. The molecule has 2 aromatic carbocycles. The highest BCUT2D eigenvalue weighted by atomic mass is 16.3. The molecule has 4 aromatic rings. The number of hydrogen-bond donors (Lipinski definition) is 2. The number of nitrogens with zero attached hydrogens (tertiary/aromatic N) is 2. The van der Waals surface area contributed by atoms with Crippen molar-refractivity contribution < 1.29 is 23.8 Å². The molecule has 0 bridgehead atoms. The number of hydrogen-bond acceptors (Lipinski definition) is 5. The van der Waals surface area contributed by atoms with Gasteiger partial charge in [-0.05, 0) is 23.3 Å². The molecule has 2 aromatic heterocycles. The van der Waals surface area contributed by atoms with Gasteiger partial charge in [0.2, 0.25) is 0 Å². The first kappa shape index (κ1) is 22.0. The van der Waals surface area contributed by atoms with E-state index >= 15 is 0 Å². The minimum atomic E-state index is -1.27. The molecular formula is C27H26N2O5. The van der Waals surface area contributed by atoms with E-state index in [0.29, 0.717) is 11.1 Å². The van der Waals surface area contributed by atoms with Crippen LogP contribution in [0, 0.1) is 0 Å². The van der Waals surface area contributed by atoms with Crippen LogP contribution in [0.5, 0.6) is 0 Å². The summed E-state index contributed by atoms with van der Waals surface area (Å²) in [7, 11) is 0. The smallest absolute Gasteiger partial charge is 0.321 e. The Morgan fingerprint density at radius 2 is 1.06 bits per heavy atom. The number of aliphatic hydroxyl groups is 2. The van der Waals surface area contributed by atoms with Crippen molar-refractivity contribution in [1.29, 1.82) is 0 Å². The summed E-state index contributed by atoms with van der Waals surface area (Å²) in [4.78, 5) is 17.4. The summed E-state index contributed by atoms with van der Waals surface area (Å²) in [6.07, 6.45) is 3.47. The third kappa shape index (κ3) is 4.23. The number of benzene rings is 2. The van der Waals surface area contributed by atoms with Crippen LogP contribution in [0.2, 0.25) is 0 Å².